The van der Waals surface area contributed by atoms with Crippen molar-refractivity contribution in [1.82, 2.24) is 4.90 Å². The zero-order valence-electron chi connectivity index (χ0n) is 13.6. The van der Waals surface area contributed by atoms with Crippen LogP contribution in [0.4, 0.5) is 5.69 Å². The van der Waals surface area contributed by atoms with Crippen LogP contribution in [0.5, 0.6) is 0 Å². The van der Waals surface area contributed by atoms with Crippen LogP contribution in [0.15, 0.2) is 18.2 Å². The summed E-state index contributed by atoms with van der Waals surface area (Å²) in [5.74, 6) is 0.853. The van der Waals surface area contributed by atoms with Gasteiger partial charge in [0.2, 0.25) is 0 Å². The Morgan fingerprint density at radius 3 is 2.67 bits per heavy atom. The van der Waals surface area contributed by atoms with Crippen LogP contribution in [-0.4, -0.2) is 30.9 Å². The molecule has 0 unspecified atom stereocenters. The molecule has 0 aliphatic heterocycles. The standard InChI is InChI=1S/C18H28N2O/c1-4-11-19-16-9-10-17(14(2)12-16)18(21)20(3)13-15-7-5-6-8-15/h9-10,12,15,19H,4-8,11,13H2,1-3H3. The first-order valence-corrected chi connectivity index (χ1v) is 8.21. The summed E-state index contributed by atoms with van der Waals surface area (Å²) in [6, 6.07) is 6.05. The monoisotopic (exact) mass is 288 g/mol. The number of aryl methyl sites for hydroxylation is 1. The topological polar surface area (TPSA) is 32.3 Å². The van der Waals surface area contributed by atoms with Crippen LogP contribution in [0, 0.1) is 12.8 Å². The molecule has 2 rings (SSSR count). The molecule has 1 amide bonds. The number of hydrogen-bond donors (Lipinski definition) is 1. The van der Waals surface area contributed by atoms with Gasteiger partial charge >= 0.3 is 0 Å². The number of rotatable bonds is 6. The Labute approximate surface area is 128 Å². The number of amides is 1. The minimum Gasteiger partial charge on any atom is -0.385 e. The maximum absolute atomic E-state index is 12.6. The fourth-order valence-electron chi connectivity index (χ4n) is 3.15. The van der Waals surface area contributed by atoms with Crippen molar-refractivity contribution >= 4 is 11.6 Å². The SMILES string of the molecule is CCCNc1ccc(C(=O)N(C)CC2CCCC2)c(C)c1. The number of nitrogens with zero attached hydrogens (tertiary/aromatic N) is 1. The number of carbonyl (C=O) groups is 1. The quantitative estimate of drug-likeness (QED) is 0.855. The second kappa shape index (κ2) is 7.48. The predicted octanol–water partition coefficient (Wildman–Crippen LogP) is 4.08. The van der Waals surface area contributed by atoms with Gasteiger partial charge in [-0.1, -0.05) is 19.8 Å². The van der Waals surface area contributed by atoms with Gasteiger partial charge in [-0.2, -0.15) is 0 Å². The summed E-state index contributed by atoms with van der Waals surface area (Å²) in [5, 5.41) is 3.36. The summed E-state index contributed by atoms with van der Waals surface area (Å²) in [7, 11) is 1.93. The van der Waals surface area contributed by atoms with Crippen LogP contribution in [0.2, 0.25) is 0 Å². The minimum atomic E-state index is 0.154. The number of hydrogen-bond acceptors (Lipinski definition) is 2. The fraction of sp³-hybridized carbons (Fsp3) is 0.611. The molecule has 0 heterocycles. The van der Waals surface area contributed by atoms with E-state index in [1.807, 2.05) is 31.0 Å². The summed E-state index contributed by atoms with van der Waals surface area (Å²) in [6.07, 6.45) is 6.30. The van der Waals surface area contributed by atoms with Crippen molar-refractivity contribution in [3.05, 3.63) is 29.3 Å². The van der Waals surface area contributed by atoms with Gasteiger partial charge in [0.1, 0.15) is 0 Å². The van der Waals surface area contributed by atoms with Crippen molar-refractivity contribution in [2.75, 3.05) is 25.5 Å². The van der Waals surface area contributed by atoms with Gasteiger partial charge < -0.3 is 10.2 Å². The molecule has 1 saturated carbocycles. The maximum Gasteiger partial charge on any atom is 0.253 e. The minimum absolute atomic E-state index is 0.154. The Morgan fingerprint density at radius 2 is 2.05 bits per heavy atom. The summed E-state index contributed by atoms with van der Waals surface area (Å²) >= 11 is 0. The lowest BCUT2D eigenvalue weighted by Gasteiger charge is -2.22. The van der Waals surface area contributed by atoms with Crippen molar-refractivity contribution in [3.63, 3.8) is 0 Å². The van der Waals surface area contributed by atoms with E-state index < -0.39 is 0 Å². The summed E-state index contributed by atoms with van der Waals surface area (Å²) in [4.78, 5) is 14.5. The lowest BCUT2D eigenvalue weighted by molar-refractivity contribution is 0.0772. The van der Waals surface area contributed by atoms with Crippen molar-refractivity contribution in [1.29, 1.82) is 0 Å². The highest BCUT2D eigenvalue weighted by atomic mass is 16.2. The van der Waals surface area contributed by atoms with E-state index in [2.05, 4.69) is 18.3 Å². The zero-order chi connectivity index (χ0) is 15.2. The zero-order valence-corrected chi connectivity index (χ0v) is 13.6. The van der Waals surface area contributed by atoms with E-state index in [9.17, 15) is 4.79 Å². The molecule has 116 valence electrons. The van der Waals surface area contributed by atoms with E-state index in [1.54, 1.807) is 0 Å². The molecule has 0 bridgehead atoms. The molecule has 3 nitrogen and oxygen atoms in total. The van der Waals surface area contributed by atoms with Crippen LogP contribution in [0.1, 0.15) is 54.9 Å². The molecule has 0 aromatic heterocycles. The Kier molecular flexibility index (Phi) is 5.66. The molecule has 1 aliphatic carbocycles. The van der Waals surface area contributed by atoms with E-state index in [1.165, 1.54) is 25.7 Å². The highest BCUT2D eigenvalue weighted by Gasteiger charge is 2.21. The van der Waals surface area contributed by atoms with Gasteiger partial charge in [0.25, 0.3) is 5.91 Å². The Balaban J connectivity index is 2.00. The average molecular weight is 288 g/mol. The smallest absolute Gasteiger partial charge is 0.253 e. The molecule has 1 aromatic rings. The molecule has 21 heavy (non-hydrogen) atoms. The average Bonchev–Trinajstić information content (AvgIpc) is 2.97. The van der Waals surface area contributed by atoms with Crippen LogP contribution in [-0.2, 0) is 0 Å². The number of carbonyl (C=O) groups excluding carboxylic acids is 1. The number of nitrogens with one attached hydrogen (secondary N) is 1. The van der Waals surface area contributed by atoms with Gasteiger partial charge in [0.15, 0.2) is 0 Å². The van der Waals surface area contributed by atoms with Gasteiger partial charge in [-0.3, -0.25) is 4.79 Å². The third-order valence-electron chi connectivity index (χ3n) is 4.39. The first-order chi connectivity index (χ1) is 10.1. The van der Waals surface area contributed by atoms with E-state index in [-0.39, 0.29) is 5.91 Å². The molecular formula is C18H28N2O. The van der Waals surface area contributed by atoms with Gasteiger partial charge in [-0.05, 0) is 55.9 Å². The molecule has 0 atom stereocenters. The third-order valence-corrected chi connectivity index (χ3v) is 4.39. The van der Waals surface area contributed by atoms with E-state index >= 15 is 0 Å². The van der Waals surface area contributed by atoms with Crippen LogP contribution in [0.3, 0.4) is 0 Å². The van der Waals surface area contributed by atoms with Crippen molar-refractivity contribution in [3.8, 4) is 0 Å². The Morgan fingerprint density at radius 1 is 1.33 bits per heavy atom. The molecular weight excluding hydrogens is 260 g/mol. The molecule has 1 aromatic carbocycles. The lowest BCUT2D eigenvalue weighted by atomic mass is 10.0. The first kappa shape index (κ1) is 15.9. The van der Waals surface area contributed by atoms with E-state index in [4.69, 9.17) is 0 Å². The van der Waals surface area contributed by atoms with Crippen LogP contribution < -0.4 is 5.32 Å². The molecule has 1 N–H and O–H groups in total. The van der Waals surface area contributed by atoms with Crippen molar-refractivity contribution in [2.45, 2.75) is 46.0 Å². The summed E-state index contributed by atoms with van der Waals surface area (Å²) in [6.45, 7) is 6.03. The largest absolute Gasteiger partial charge is 0.385 e. The van der Waals surface area contributed by atoms with Gasteiger partial charge in [-0.25, -0.2) is 0 Å². The molecule has 1 aliphatic rings. The van der Waals surface area contributed by atoms with Gasteiger partial charge in [0, 0.05) is 31.4 Å². The summed E-state index contributed by atoms with van der Waals surface area (Å²) < 4.78 is 0. The lowest BCUT2D eigenvalue weighted by Crippen LogP contribution is -2.31. The fourth-order valence-corrected chi connectivity index (χ4v) is 3.15. The first-order valence-electron chi connectivity index (χ1n) is 8.21. The third kappa shape index (κ3) is 4.23. The normalized spacial score (nSPS) is 15.2. The number of benzene rings is 1. The van der Waals surface area contributed by atoms with Gasteiger partial charge in [0.05, 0.1) is 0 Å². The predicted molar refractivity (Wildman–Crippen MR) is 88.9 cm³/mol. The molecule has 3 heteroatoms. The highest BCUT2D eigenvalue weighted by Crippen LogP contribution is 2.26. The van der Waals surface area contributed by atoms with E-state index in [0.717, 1.165) is 36.3 Å². The maximum atomic E-state index is 12.6. The van der Waals surface area contributed by atoms with Gasteiger partial charge in [-0.15, -0.1) is 0 Å². The Hall–Kier alpha value is -1.51. The second-order valence-electron chi connectivity index (χ2n) is 6.29. The second-order valence-corrected chi connectivity index (χ2v) is 6.29. The highest BCUT2D eigenvalue weighted by molar-refractivity contribution is 5.95. The number of anilines is 1. The summed E-state index contributed by atoms with van der Waals surface area (Å²) in [5.41, 5.74) is 2.99. The molecule has 0 spiro atoms. The molecule has 0 saturated heterocycles. The van der Waals surface area contributed by atoms with Crippen LogP contribution in [0.25, 0.3) is 0 Å². The molecule has 1 fully saturated rings. The van der Waals surface area contributed by atoms with Crippen LogP contribution >= 0.6 is 0 Å². The molecule has 0 radical (unpaired) electrons. The van der Waals surface area contributed by atoms with E-state index in [0.29, 0.717) is 5.92 Å². The Bertz CT molecular complexity index is 478. The van der Waals surface area contributed by atoms with Crippen molar-refractivity contribution in [2.24, 2.45) is 5.92 Å². The van der Waals surface area contributed by atoms with Crippen molar-refractivity contribution < 1.29 is 4.79 Å².